The van der Waals surface area contributed by atoms with E-state index in [1.807, 2.05) is 47.4 Å². The molecule has 1 aromatic heterocycles. The van der Waals surface area contributed by atoms with Crippen LogP contribution in [0.3, 0.4) is 0 Å². The van der Waals surface area contributed by atoms with Crippen molar-refractivity contribution in [1.82, 2.24) is 15.2 Å². The van der Waals surface area contributed by atoms with E-state index >= 15 is 0 Å². The number of ether oxygens (including phenoxy) is 1. The largest absolute Gasteiger partial charge is 0.497 e. The SMILES string of the molecule is COc1cccc(SCC(=O)N(Cc2ccccn2)C2CCCNCC2)c1.Cl. The normalized spacial score (nSPS) is 16.5. The molecule has 7 heteroatoms. The molecule has 0 spiro atoms. The molecule has 1 fully saturated rings. The number of benzene rings is 1. The minimum atomic E-state index is 0. The lowest BCUT2D eigenvalue weighted by Gasteiger charge is -2.31. The van der Waals surface area contributed by atoms with Gasteiger partial charge < -0.3 is 15.0 Å². The van der Waals surface area contributed by atoms with Gasteiger partial charge >= 0.3 is 0 Å². The van der Waals surface area contributed by atoms with Crippen LogP contribution in [0.2, 0.25) is 0 Å². The zero-order valence-electron chi connectivity index (χ0n) is 16.2. The molecule has 1 aliphatic heterocycles. The first-order valence-corrected chi connectivity index (χ1v) is 10.4. The molecule has 152 valence electrons. The Morgan fingerprint density at radius 1 is 1.25 bits per heavy atom. The molecule has 1 amide bonds. The van der Waals surface area contributed by atoms with Crippen LogP contribution in [0.25, 0.3) is 0 Å². The molecule has 1 saturated heterocycles. The van der Waals surface area contributed by atoms with Gasteiger partial charge in [-0.1, -0.05) is 12.1 Å². The van der Waals surface area contributed by atoms with E-state index in [0.29, 0.717) is 12.3 Å². The molecule has 1 aromatic carbocycles. The van der Waals surface area contributed by atoms with E-state index in [2.05, 4.69) is 10.3 Å². The van der Waals surface area contributed by atoms with Gasteiger partial charge in [-0.05, 0) is 62.7 Å². The molecule has 5 nitrogen and oxygen atoms in total. The topological polar surface area (TPSA) is 54.5 Å². The quantitative estimate of drug-likeness (QED) is 0.689. The maximum absolute atomic E-state index is 13.1. The number of amides is 1. The number of carbonyl (C=O) groups is 1. The van der Waals surface area contributed by atoms with Crippen molar-refractivity contribution < 1.29 is 9.53 Å². The molecular weight excluding hydrogens is 394 g/mol. The van der Waals surface area contributed by atoms with Gasteiger partial charge in [0.25, 0.3) is 0 Å². The van der Waals surface area contributed by atoms with Crippen molar-refractivity contribution in [2.45, 2.75) is 36.7 Å². The fourth-order valence-electron chi connectivity index (χ4n) is 3.32. The highest BCUT2D eigenvalue weighted by atomic mass is 35.5. The molecular formula is C21H28ClN3O2S. The van der Waals surface area contributed by atoms with E-state index in [1.165, 1.54) is 0 Å². The van der Waals surface area contributed by atoms with E-state index in [1.54, 1.807) is 25.1 Å². The van der Waals surface area contributed by atoms with Crippen molar-refractivity contribution in [3.63, 3.8) is 0 Å². The van der Waals surface area contributed by atoms with Crippen molar-refractivity contribution in [1.29, 1.82) is 0 Å². The number of nitrogens with one attached hydrogen (secondary N) is 1. The van der Waals surface area contributed by atoms with Crippen LogP contribution in [0.4, 0.5) is 0 Å². The summed E-state index contributed by atoms with van der Waals surface area (Å²) < 4.78 is 5.27. The summed E-state index contributed by atoms with van der Waals surface area (Å²) in [5.41, 5.74) is 0.939. The Bertz CT molecular complexity index is 725. The first-order chi connectivity index (χ1) is 13.3. The number of aromatic nitrogens is 1. The predicted octanol–water partition coefficient (Wildman–Crippen LogP) is 3.78. The van der Waals surface area contributed by atoms with Crippen LogP contribution in [-0.2, 0) is 11.3 Å². The van der Waals surface area contributed by atoms with Crippen LogP contribution >= 0.6 is 24.2 Å². The number of methoxy groups -OCH3 is 1. The van der Waals surface area contributed by atoms with E-state index in [9.17, 15) is 4.79 Å². The highest BCUT2D eigenvalue weighted by molar-refractivity contribution is 8.00. The maximum Gasteiger partial charge on any atom is 0.233 e. The summed E-state index contributed by atoms with van der Waals surface area (Å²) in [5.74, 6) is 1.40. The van der Waals surface area contributed by atoms with Crippen LogP contribution in [-0.4, -0.2) is 47.8 Å². The third-order valence-corrected chi connectivity index (χ3v) is 5.75. The van der Waals surface area contributed by atoms with Crippen molar-refractivity contribution >= 4 is 30.1 Å². The summed E-state index contributed by atoms with van der Waals surface area (Å²) in [7, 11) is 1.66. The van der Waals surface area contributed by atoms with Crippen molar-refractivity contribution in [3.05, 3.63) is 54.4 Å². The second-order valence-electron chi connectivity index (χ2n) is 6.65. The molecule has 1 atom stereocenters. The van der Waals surface area contributed by atoms with Crippen LogP contribution in [0.5, 0.6) is 5.75 Å². The van der Waals surface area contributed by atoms with Gasteiger partial charge in [-0.2, -0.15) is 0 Å². The zero-order chi connectivity index (χ0) is 18.9. The average molecular weight is 422 g/mol. The summed E-state index contributed by atoms with van der Waals surface area (Å²) >= 11 is 1.56. The summed E-state index contributed by atoms with van der Waals surface area (Å²) in [6, 6.07) is 14.0. The third-order valence-electron chi connectivity index (χ3n) is 4.77. The Balaban J connectivity index is 0.00000280. The second-order valence-corrected chi connectivity index (χ2v) is 7.69. The number of pyridine rings is 1. The van der Waals surface area contributed by atoms with E-state index in [-0.39, 0.29) is 24.4 Å². The number of thioether (sulfide) groups is 1. The Kier molecular flexibility index (Phi) is 9.61. The lowest BCUT2D eigenvalue weighted by molar-refractivity contribution is -0.131. The average Bonchev–Trinajstić information content (AvgIpc) is 3.00. The van der Waals surface area contributed by atoms with Crippen molar-refractivity contribution in [2.24, 2.45) is 0 Å². The minimum Gasteiger partial charge on any atom is -0.497 e. The van der Waals surface area contributed by atoms with Crippen LogP contribution in [0.15, 0.2) is 53.6 Å². The molecule has 1 unspecified atom stereocenters. The first kappa shape index (κ1) is 22.5. The summed E-state index contributed by atoms with van der Waals surface area (Å²) in [6.45, 7) is 2.56. The molecule has 1 N–H and O–H groups in total. The Morgan fingerprint density at radius 3 is 2.93 bits per heavy atom. The van der Waals surface area contributed by atoms with Gasteiger partial charge in [-0.3, -0.25) is 9.78 Å². The molecule has 2 heterocycles. The van der Waals surface area contributed by atoms with Gasteiger partial charge in [0.2, 0.25) is 5.91 Å². The van der Waals surface area contributed by atoms with Gasteiger partial charge in [0.1, 0.15) is 5.75 Å². The third kappa shape index (κ3) is 6.69. The molecule has 0 bridgehead atoms. The molecule has 0 saturated carbocycles. The first-order valence-electron chi connectivity index (χ1n) is 9.43. The number of nitrogens with zero attached hydrogens (tertiary/aromatic N) is 2. The van der Waals surface area contributed by atoms with E-state index in [4.69, 9.17) is 4.74 Å². The standard InChI is InChI=1S/C21H27N3O2S.ClH/c1-26-19-8-4-9-20(14-19)27-16-21(25)24(15-17-6-2-3-12-23-17)18-7-5-11-22-13-10-18;/h2-4,6,8-9,12,14,18,22H,5,7,10-11,13,15-16H2,1H3;1H. The van der Waals surface area contributed by atoms with Gasteiger partial charge in [-0.25, -0.2) is 0 Å². The van der Waals surface area contributed by atoms with Crippen molar-refractivity contribution in [2.75, 3.05) is 26.0 Å². The lowest BCUT2D eigenvalue weighted by atomic mass is 10.1. The maximum atomic E-state index is 13.1. The van der Waals surface area contributed by atoms with Crippen LogP contribution in [0.1, 0.15) is 25.0 Å². The molecule has 1 aliphatic rings. The fourth-order valence-corrected chi connectivity index (χ4v) is 4.15. The minimum absolute atomic E-state index is 0. The molecule has 0 aliphatic carbocycles. The predicted molar refractivity (Wildman–Crippen MR) is 116 cm³/mol. The Hall–Kier alpha value is -1.76. The van der Waals surface area contributed by atoms with Crippen LogP contribution in [0, 0.1) is 0 Å². The van der Waals surface area contributed by atoms with Crippen LogP contribution < -0.4 is 10.1 Å². The smallest absolute Gasteiger partial charge is 0.233 e. The van der Waals surface area contributed by atoms with E-state index in [0.717, 1.165) is 48.7 Å². The number of rotatable bonds is 7. The Morgan fingerprint density at radius 2 is 2.14 bits per heavy atom. The van der Waals surface area contributed by atoms with E-state index < -0.39 is 0 Å². The number of hydrogen-bond acceptors (Lipinski definition) is 5. The number of hydrogen-bond donors (Lipinski definition) is 1. The highest BCUT2D eigenvalue weighted by Gasteiger charge is 2.25. The molecule has 0 radical (unpaired) electrons. The lowest BCUT2D eigenvalue weighted by Crippen LogP contribution is -2.41. The second kappa shape index (κ2) is 11.9. The number of carbonyl (C=O) groups excluding carboxylic acids is 1. The Labute approximate surface area is 177 Å². The molecule has 3 rings (SSSR count). The van der Waals surface area contributed by atoms with Gasteiger partial charge in [0, 0.05) is 17.1 Å². The van der Waals surface area contributed by atoms with Gasteiger partial charge in [-0.15, -0.1) is 24.2 Å². The number of halogens is 1. The van der Waals surface area contributed by atoms with Crippen molar-refractivity contribution in [3.8, 4) is 5.75 Å². The zero-order valence-corrected chi connectivity index (χ0v) is 17.8. The summed E-state index contributed by atoms with van der Waals surface area (Å²) in [6.07, 6.45) is 4.91. The molecule has 2 aromatic rings. The van der Waals surface area contributed by atoms with Gasteiger partial charge in [0.05, 0.1) is 25.1 Å². The summed E-state index contributed by atoms with van der Waals surface area (Å²) in [4.78, 5) is 20.6. The van der Waals surface area contributed by atoms with Gasteiger partial charge in [0.15, 0.2) is 0 Å². The monoisotopic (exact) mass is 421 g/mol. The highest BCUT2D eigenvalue weighted by Crippen LogP contribution is 2.24. The summed E-state index contributed by atoms with van der Waals surface area (Å²) in [5, 5.41) is 3.43. The fraction of sp³-hybridized carbons (Fsp3) is 0.429. The molecule has 28 heavy (non-hydrogen) atoms.